The molecule has 0 saturated carbocycles. The van der Waals surface area contributed by atoms with Gasteiger partial charge in [0.15, 0.2) is 23.0 Å². The van der Waals surface area contributed by atoms with E-state index in [1.165, 1.54) is 0 Å². The SMILES string of the molecule is C[C@H]1Oc2ccccc2OCCOCCOc2ccccc2OC[C@]1(C)OCC(=O)O. The van der Waals surface area contributed by atoms with Crippen LogP contribution in [0.15, 0.2) is 48.5 Å². The molecule has 1 N–H and O–H groups in total. The topological polar surface area (TPSA) is 92.7 Å². The minimum Gasteiger partial charge on any atom is -0.487 e. The molecule has 2 atom stereocenters. The predicted molar refractivity (Wildman–Crippen MR) is 112 cm³/mol. The van der Waals surface area contributed by atoms with E-state index < -0.39 is 24.3 Å². The smallest absolute Gasteiger partial charge is 0.329 e. The highest BCUT2D eigenvalue weighted by atomic mass is 16.6. The molecule has 2 aromatic carbocycles. The number of hydrogen-bond donors (Lipinski definition) is 1. The molecule has 0 fully saturated rings. The first-order valence-electron chi connectivity index (χ1n) is 10.1. The first-order valence-corrected chi connectivity index (χ1v) is 10.1. The van der Waals surface area contributed by atoms with E-state index in [9.17, 15) is 4.79 Å². The minimum atomic E-state index is -1.08. The zero-order chi connectivity index (χ0) is 22.1. The number of rotatable bonds is 3. The van der Waals surface area contributed by atoms with Crippen molar-refractivity contribution in [3.05, 3.63) is 48.5 Å². The van der Waals surface area contributed by atoms with E-state index in [0.717, 1.165) is 0 Å². The Bertz CT molecular complexity index is 855. The number of aliphatic carboxylic acids is 1. The van der Waals surface area contributed by atoms with Crippen molar-refractivity contribution in [1.29, 1.82) is 0 Å². The Morgan fingerprint density at radius 2 is 1.45 bits per heavy atom. The highest BCUT2D eigenvalue weighted by molar-refractivity contribution is 5.68. The molecule has 8 heteroatoms. The molecule has 0 unspecified atom stereocenters. The fourth-order valence-corrected chi connectivity index (χ4v) is 2.92. The number of carbonyl (C=O) groups is 1. The van der Waals surface area contributed by atoms with Crippen molar-refractivity contribution in [3.63, 3.8) is 0 Å². The van der Waals surface area contributed by atoms with Gasteiger partial charge < -0.3 is 33.5 Å². The lowest BCUT2D eigenvalue weighted by atomic mass is 10.0. The zero-order valence-corrected chi connectivity index (χ0v) is 17.7. The number of carboxylic acids is 1. The Labute approximate surface area is 181 Å². The summed E-state index contributed by atoms with van der Waals surface area (Å²) in [7, 11) is 0. The molecule has 3 rings (SSSR count). The van der Waals surface area contributed by atoms with Gasteiger partial charge >= 0.3 is 5.97 Å². The van der Waals surface area contributed by atoms with Gasteiger partial charge in [0.05, 0.1) is 13.2 Å². The van der Waals surface area contributed by atoms with Crippen molar-refractivity contribution < 1.29 is 38.3 Å². The molecule has 2 aromatic rings. The van der Waals surface area contributed by atoms with Gasteiger partial charge in [0.25, 0.3) is 0 Å². The van der Waals surface area contributed by atoms with Crippen LogP contribution in [0.2, 0.25) is 0 Å². The fraction of sp³-hybridized carbons (Fsp3) is 0.435. The first kappa shape index (κ1) is 22.7. The summed E-state index contributed by atoms with van der Waals surface area (Å²) in [4.78, 5) is 11.2. The Balaban J connectivity index is 1.87. The van der Waals surface area contributed by atoms with Crippen LogP contribution < -0.4 is 18.9 Å². The van der Waals surface area contributed by atoms with E-state index >= 15 is 0 Å². The van der Waals surface area contributed by atoms with Crippen molar-refractivity contribution in [1.82, 2.24) is 0 Å². The van der Waals surface area contributed by atoms with Gasteiger partial charge in [-0.25, -0.2) is 4.79 Å². The summed E-state index contributed by atoms with van der Waals surface area (Å²) in [6, 6.07) is 14.5. The number of fused-ring (bicyclic) bond motifs is 2. The van der Waals surface area contributed by atoms with Gasteiger partial charge in [0, 0.05) is 0 Å². The molecule has 0 aliphatic carbocycles. The van der Waals surface area contributed by atoms with Crippen LogP contribution in [0.1, 0.15) is 13.8 Å². The maximum atomic E-state index is 11.2. The van der Waals surface area contributed by atoms with Crippen LogP contribution in [0.5, 0.6) is 23.0 Å². The van der Waals surface area contributed by atoms with E-state index in [0.29, 0.717) is 49.4 Å². The largest absolute Gasteiger partial charge is 0.487 e. The van der Waals surface area contributed by atoms with Crippen molar-refractivity contribution >= 4 is 5.97 Å². The van der Waals surface area contributed by atoms with Crippen LogP contribution >= 0.6 is 0 Å². The van der Waals surface area contributed by atoms with Crippen molar-refractivity contribution in [2.45, 2.75) is 25.6 Å². The maximum absolute atomic E-state index is 11.2. The quantitative estimate of drug-likeness (QED) is 0.791. The average Bonchev–Trinajstić information content (AvgIpc) is 2.76. The molecule has 0 spiro atoms. The van der Waals surface area contributed by atoms with E-state index in [-0.39, 0.29) is 6.61 Å². The minimum absolute atomic E-state index is 0.0430. The Hall–Kier alpha value is -2.97. The molecule has 0 radical (unpaired) electrons. The number of hydrogen-bond acceptors (Lipinski definition) is 7. The van der Waals surface area contributed by atoms with Gasteiger partial charge in [-0.3, -0.25) is 0 Å². The number of carboxylic acid groups (broad SMARTS) is 1. The molecule has 1 aliphatic heterocycles. The predicted octanol–water partition coefficient (Wildman–Crippen LogP) is 3.18. The average molecular weight is 432 g/mol. The molecule has 1 aliphatic rings. The lowest BCUT2D eigenvalue weighted by molar-refractivity contribution is -0.159. The highest BCUT2D eigenvalue weighted by Crippen LogP contribution is 2.32. The van der Waals surface area contributed by atoms with Crippen molar-refractivity contribution in [2.75, 3.05) is 39.6 Å². The molecule has 0 saturated heterocycles. The molecule has 0 bridgehead atoms. The summed E-state index contributed by atoms with van der Waals surface area (Å²) in [6.45, 7) is 4.60. The molecule has 31 heavy (non-hydrogen) atoms. The normalized spacial score (nSPS) is 22.5. The van der Waals surface area contributed by atoms with Crippen LogP contribution in [0.25, 0.3) is 0 Å². The summed E-state index contributed by atoms with van der Waals surface area (Å²) in [5.41, 5.74) is -1.07. The molecule has 168 valence electrons. The third-order valence-corrected chi connectivity index (χ3v) is 4.87. The maximum Gasteiger partial charge on any atom is 0.329 e. The third-order valence-electron chi connectivity index (χ3n) is 4.87. The summed E-state index contributed by atoms with van der Waals surface area (Å²) < 4.78 is 35.0. The van der Waals surface area contributed by atoms with Gasteiger partial charge in [-0.2, -0.15) is 0 Å². The highest BCUT2D eigenvalue weighted by Gasteiger charge is 2.37. The van der Waals surface area contributed by atoms with Gasteiger partial charge in [-0.05, 0) is 38.1 Å². The zero-order valence-electron chi connectivity index (χ0n) is 17.7. The molecule has 0 amide bonds. The summed E-state index contributed by atoms with van der Waals surface area (Å²) >= 11 is 0. The third kappa shape index (κ3) is 6.50. The second-order valence-corrected chi connectivity index (χ2v) is 7.25. The first-order chi connectivity index (χ1) is 15.0. The lowest BCUT2D eigenvalue weighted by Crippen LogP contribution is -2.49. The van der Waals surface area contributed by atoms with Crippen LogP contribution in [-0.2, 0) is 14.3 Å². The monoisotopic (exact) mass is 432 g/mol. The second-order valence-electron chi connectivity index (χ2n) is 7.25. The van der Waals surface area contributed by atoms with E-state index in [1.807, 2.05) is 24.3 Å². The summed E-state index contributed by atoms with van der Waals surface area (Å²) in [5.74, 6) is 1.10. The number of ether oxygens (including phenoxy) is 6. The molecule has 0 aromatic heterocycles. The van der Waals surface area contributed by atoms with Crippen LogP contribution in [0.4, 0.5) is 0 Å². The van der Waals surface area contributed by atoms with Gasteiger partial charge in [0.2, 0.25) is 0 Å². The standard InChI is InChI=1S/C23H28O8/c1-17-23(2,30-15-22(24)25)16-29-19-8-4-3-7-18(19)27-13-11-26-12-14-28-20-9-5-6-10-21(20)31-17/h3-10,17H,11-16H2,1-2H3,(H,24,25)/t17-,23+/m1/s1. The van der Waals surface area contributed by atoms with Gasteiger partial charge in [0.1, 0.15) is 38.1 Å². The Kier molecular flexibility index (Phi) is 7.97. The lowest BCUT2D eigenvalue weighted by Gasteiger charge is -2.35. The van der Waals surface area contributed by atoms with E-state index in [1.54, 1.807) is 38.1 Å². The number of benzene rings is 2. The van der Waals surface area contributed by atoms with Crippen molar-refractivity contribution in [2.24, 2.45) is 0 Å². The van der Waals surface area contributed by atoms with Crippen molar-refractivity contribution in [3.8, 4) is 23.0 Å². The van der Waals surface area contributed by atoms with Crippen LogP contribution in [0, 0.1) is 0 Å². The Morgan fingerprint density at radius 3 is 2.03 bits per heavy atom. The molecule has 1 heterocycles. The molecular weight excluding hydrogens is 404 g/mol. The summed E-state index contributed by atoms with van der Waals surface area (Å²) in [5, 5.41) is 9.14. The van der Waals surface area contributed by atoms with Crippen LogP contribution in [0.3, 0.4) is 0 Å². The molecule has 8 nitrogen and oxygen atoms in total. The van der Waals surface area contributed by atoms with E-state index in [2.05, 4.69) is 0 Å². The van der Waals surface area contributed by atoms with Gasteiger partial charge in [-0.1, -0.05) is 24.3 Å². The summed E-state index contributed by atoms with van der Waals surface area (Å²) in [6.07, 6.45) is -0.561. The fourth-order valence-electron chi connectivity index (χ4n) is 2.92. The van der Waals surface area contributed by atoms with Crippen LogP contribution in [-0.4, -0.2) is 62.4 Å². The van der Waals surface area contributed by atoms with Gasteiger partial charge in [-0.15, -0.1) is 0 Å². The molecular formula is C23H28O8. The van der Waals surface area contributed by atoms with E-state index in [4.69, 9.17) is 33.5 Å². The Morgan fingerprint density at radius 1 is 0.935 bits per heavy atom. The second kappa shape index (κ2) is 10.9. The number of para-hydroxylation sites is 4.